The lowest BCUT2D eigenvalue weighted by Crippen LogP contribution is -2.35. The van der Waals surface area contributed by atoms with Crippen LogP contribution >= 0.6 is 0 Å². The van der Waals surface area contributed by atoms with Gasteiger partial charge in [0.15, 0.2) is 0 Å². The minimum Gasteiger partial charge on any atom is -0.486 e. The SMILES string of the molecule is CCCNCC(COC)Oc1ccc(F)cc1C. The van der Waals surface area contributed by atoms with Crippen LogP contribution in [0.5, 0.6) is 5.75 Å². The Labute approximate surface area is 108 Å². The Morgan fingerprint density at radius 2 is 2.17 bits per heavy atom. The molecule has 1 aromatic carbocycles. The van der Waals surface area contributed by atoms with Crippen molar-refractivity contribution in [2.45, 2.75) is 26.4 Å². The number of ether oxygens (including phenoxy) is 2. The summed E-state index contributed by atoms with van der Waals surface area (Å²) in [6, 6.07) is 4.54. The molecule has 1 rings (SSSR count). The van der Waals surface area contributed by atoms with Gasteiger partial charge in [-0.2, -0.15) is 0 Å². The highest BCUT2D eigenvalue weighted by molar-refractivity contribution is 5.32. The molecule has 0 heterocycles. The fraction of sp³-hybridized carbons (Fsp3) is 0.571. The number of halogens is 1. The summed E-state index contributed by atoms with van der Waals surface area (Å²) in [7, 11) is 1.65. The highest BCUT2D eigenvalue weighted by Crippen LogP contribution is 2.19. The van der Waals surface area contributed by atoms with E-state index in [0.717, 1.165) is 25.1 Å². The number of hydrogen-bond acceptors (Lipinski definition) is 3. The normalized spacial score (nSPS) is 12.4. The lowest BCUT2D eigenvalue weighted by Gasteiger charge is -2.20. The number of nitrogens with one attached hydrogen (secondary N) is 1. The van der Waals surface area contributed by atoms with Gasteiger partial charge in [0.05, 0.1) is 6.61 Å². The van der Waals surface area contributed by atoms with Gasteiger partial charge >= 0.3 is 0 Å². The van der Waals surface area contributed by atoms with E-state index in [1.165, 1.54) is 12.1 Å². The molecule has 0 aliphatic rings. The molecule has 0 saturated carbocycles. The van der Waals surface area contributed by atoms with Gasteiger partial charge in [0.2, 0.25) is 0 Å². The van der Waals surface area contributed by atoms with E-state index in [-0.39, 0.29) is 11.9 Å². The number of benzene rings is 1. The van der Waals surface area contributed by atoms with Crippen LogP contribution in [-0.2, 0) is 4.74 Å². The van der Waals surface area contributed by atoms with Gasteiger partial charge in [-0.15, -0.1) is 0 Å². The molecule has 0 radical (unpaired) electrons. The van der Waals surface area contributed by atoms with Crippen LogP contribution in [0.1, 0.15) is 18.9 Å². The average Bonchev–Trinajstić information content (AvgIpc) is 2.33. The maximum absolute atomic E-state index is 13.0. The van der Waals surface area contributed by atoms with E-state index >= 15 is 0 Å². The van der Waals surface area contributed by atoms with Gasteiger partial charge in [-0.05, 0) is 43.7 Å². The van der Waals surface area contributed by atoms with Crippen molar-refractivity contribution < 1.29 is 13.9 Å². The van der Waals surface area contributed by atoms with Crippen molar-refractivity contribution in [2.24, 2.45) is 0 Å². The van der Waals surface area contributed by atoms with Gasteiger partial charge in [0.1, 0.15) is 17.7 Å². The second-order valence-corrected chi connectivity index (χ2v) is 4.31. The summed E-state index contributed by atoms with van der Waals surface area (Å²) in [6.45, 7) is 6.13. The third kappa shape index (κ3) is 5.02. The van der Waals surface area contributed by atoms with Gasteiger partial charge in [0, 0.05) is 13.7 Å². The van der Waals surface area contributed by atoms with Crippen LogP contribution in [0, 0.1) is 12.7 Å². The third-order valence-corrected chi connectivity index (χ3v) is 2.58. The topological polar surface area (TPSA) is 30.5 Å². The maximum atomic E-state index is 13.0. The van der Waals surface area contributed by atoms with E-state index in [0.29, 0.717) is 12.4 Å². The van der Waals surface area contributed by atoms with E-state index in [1.54, 1.807) is 13.2 Å². The molecule has 0 aromatic heterocycles. The summed E-state index contributed by atoms with van der Waals surface area (Å²) in [5.74, 6) is 0.462. The van der Waals surface area contributed by atoms with Crippen molar-refractivity contribution in [1.29, 1.82) is 0 Å². The second kappa shape index (κ2) is 8.06. The predicted molar refractivity (Wildman–Crippen MR) is 70.6 cm³/mol. The molecular formula is C14H22FNO2. The Balaban J connectivity index is 2.58. The average molecular weight is 255 g/mol. The van der Waals surface area contributed by atoms with Crippen LogP contribution in [0.2, 0.25) is 0 Å². The summed E-state index contributed by atoms with van der Waals surface area (Å²) in [5.41, 5.74) is 0.798. The van der Waals surface area contributed by atoms with Gasteiger partial charge in [-0.3, -0.25) is 0 Å². The first kappa shape index (κ1) is 14.9. The summed E-state index contributed by atoms with van der Waals surface area (Å²) in [6.07, 6.45) is 1.01. The summed E-state index contributed by atoms with van der Waals surface area (Å²) >= 11 is 0. The Kier molecular flexibility index (Phi) is 6.68. The van der Waals surface area contributed by atoms with E-state index in [2.05, 4.69) is 12.2 Å². The van der Waals surface area contributed by atoms with Crippen LogP contribution < -0.4 is 10.1 Å². The van der Waals surface area contributed by atoms with Crippen LogP contribution in [0.4, 0.5) is 4.39 Å². The summed E-state index contributed by atoms with van der Waals surface area (Å²) in [5, 5.41) is 3.29. The van der Waals surface area contributed by atoms with Gasteiger partial charge in [-0.25, -0.2) is 4.39 Å². The number of hydrogen-bond donors (Lipinski definition) is 1. The molecule has 0 saturated heterocycles. The lowest BCUT2D eigenvalue weighted by molar-refractivity contribution is 0.0802. The van der Waals surface area contributed by atoms with Gasteiger partial charge in [0.25, 0.3) is 0 Å². The molecule has 0 amide bonds. The molecule has 18 heavy (non-hydrogen) atoms. The van der Waals surface area contributed by atoms with Crippen molar-refractivity contribution in [3.05, 3.63) is 29.6 Å². The van der Waals surface area contributed by atoms with E-state index in [4.69, 9.17) is 9.47 Å². The number of methoxy groups -OCH3 is 1. The fourth-order valence-electron chi connectivity index (χ4n) is 1.68. The van der Waals surface area contributed by atoms with Gasteiger partial charge in [-0.1, -0.05) is 6.92 Å². The van der Waals surface area contributed by atoms with Crippen molar-refractivity contribution in [3.8, 4) is 5.75 Å². The van der Waals surface area contributed by atoms with Crippen LogP contribution in [0.3, 0.4) is 0 Å². The number of rotatable bonds is 8. The molecule has 0 aliphatic carbocycles. The molecule has 4 heteroatoms. The molecule has 1 aromatic rings. The predicted octanol–water partition coefficient (Wildman–Crippen LogP) is 2.53. The minimum absolute atomic E-state index is 0.0642. The van der Waals surface area contributed by atoms with Crippen molar-refractivity contribution in [3.63, 3.8) is 0 Å². The molecule has 1 unspecified atom stereocenters. The molecule has 1 N–H and O–H groups in total. The first-order valence-corrected chi connectivity index (χ1v) is 6.29. The fourth-order valence-corrected chi connectivity index (χ4v) is 1.68. The standard InChI is InChI=1S/C14H22FNO2/c1-4-7-16-9-13(10-17-3)18-14-6-5-12(15)8-11(14)2/h5-6,8,13,16H,4,7,9-10H2,1-3H3. The van der Waals surface area contributed by atoms with Crippen molar-refractivity contribution in [1.82, 2.24) is 5.32 Å². The quantitative estimate of drug-likeness (QED) is 0.724. The minimum atomic E-state index is -0.243. The summed E-state index contributed by atoms with van der Waals surface area (Å²) < 4.78 is 24.0. The Bertz CT molecular complexity index is 358. The Morgan fingerprint density at radius 3 is 2.78 bits per heavy atom. The van der Waals surface area contributed by atoms with E-state index < -0.39 is 0 Å². The number of aryl methyl sites for hydroxylation is 1. The highest BCUT2D eigenvalue weighted by Gasteiger charge is 2.11. The molecule has 0 spiro atoms. The maximum Gasteiger partial charge on any atom is 0.134 e. The molecular weight excluding hydrogens is 233 g/mol. The Hall–Kier alpha value is -1.13. The highest BCUT2D eigenvalue weighted by atomic mass is 19.1. The van der Waals surface area contributed by atoms with E-state index in [9.17, 15) is 4.39 Å². The lowest BCUT2D eigenvalue weighted by atomic mass is 10.2. The third-order valence-electron chi connectivity index (χ3n) is 2.58. The molecule has 0 fully saturated rings. The molecule has 3 nitrogen and oxygen atoms in total. The van der Waals surface area contributed by atoms with Crippen molar-refractivity contribution in [2.75, 3.05) is 26.8 Å². The monoisotopic (exact) mass is 255 g/mol. The zero-order valence-corrected chi connectivity index (χ0v) is 11.3. The molecule has 0 aliphatic heterocycles. The van der Waals surface area contributed by atoms with Crippen molar-refractivity contribution >= 4 is 0 Å². The molecule has 0 bridgehead atoms. The first-order chi connectivity index (χ1) is 8.67. The van der Waals surface area contributed by atoms with Crippen LogP contribution in [0.15, 0.2) is 18.2 Å². The zero-order valence-electron chi connectivity index (χ0n) is 11.3. The first-order valence-electron chi connectivity index (χ1n) is 6.29. The summed E-state index contributed by atoms with van der Waals surface area (Å²) in [4.78, 5) is 0. The largest absolute Gasteiger partial charge is 0.486 e. The second-order valence-electron chi connectivity index (χ2n) is 4.31. The molecule has 102 valence electrons. The van der Waals surface area contributed by atoms with Crippen LogP contribution in [-0.4, -0.2) is 32.9 Å². The van der Waals surface area contributed by atoms with E-state index in [1.807, 2.05) is 6.92 Å². The van der Waals surface area contributed by atoms with Crippen LogP contribution in [0.25, 0.3) is 0 Å². The smallest absolute Gasteiger partial charge is 0.134 e. The zero-order chi connectivity index (χ0) is 13.4. The molecule has 1 atom stereocenters. The van der Waals surface area contributed by atoms with Gasteiger partial charge < -0.3 is 14.8 Å². The Morgan fingerprint density at radius 1 is 1.39 bits per heavy atom.